The Hall–Kier alpha value is -1.03. The van der Waals surface area contributed by atoms with Crippen molar-refractivity contribution < 1.29 is 17.9 Å². The summed E-state index contributed by atoms with van der Waals surface area (Å²) in [6.45, 7) is 2.41. The average Bonchev–Trinajstić information content (AvgIpc) is 3.12. The number of piperazine rings is 1. The van der Waals surface area contributed by atoms with Crippen molar-refractivity contribution in [1.29, 1.82) is 0 Å². The second kappa shape index (κ2) is 8.11. The third kappa shape index (κ3) is 4.78. The van der Waals surface area contributed by atoms with Crippen molar-refractivity contribution in [3.8, 4) is 0 Å². The first-order valence-electron chi connectivity index (χ1n) is 8.64. The molecule has 0 spiro atoms. The molecule has 0 saturated carbocycles. The number of methoxy groups -OCH3 is 1. The highest BCUT2D eigenvalue weighted by Gasteiger charge is 2.31. The summed E-state index contributed by atoms with van der Waals surface area (Å²) in [6, 6.07) is 6.88. The number of hydrogen-bond acceptors (Lipinski definition) is 7. The van der Waals surface area contributed by atoms with Gasteiger partial charge in [-0.1, -0.05) is 12.1 Å². The molecule has 1 aromatic carbocycles. The molecule has 2 aliphatic rings. The highest BCUT2D eigenvalue weighted by Crippen LogP contribution is 2.22. The predicted octanol–water partition coefficient (Wildman–Crippen LogP) is 0.391. The molecular weight excluding hydrogens is 342 g/mol. The SMILES string of the molecule is COC1NCC(NCC2CCCO2)NC1c1ccc(S(C)(=O)=O)cc1. The summed E-state index contributed by atoms with van der Waals surface area (Å²) in [5, 5.41) is 10.4. The van der Waals surface area contributed by atoms with Crippen LogP contribution in [-0.2, 0) is 19.3 Å². The Morgan fingerprint density at radius 2 is 2.08 bits per heavy atom. The van der Waals surface area contributed by atoms with Gasteiger partial charge >= 0.3 is 0 Å². The number of ether oxygens (including phenoxy) is 2. The minimum atomic E-state index is -3.19. The molecule has 2 aliphatic heterocycles. The Balaban J connectivity index is 1.66. The zero-order valence-electron chi connectivity index (χ0n) is 14.7. The summed E-state index contributed by atoms with van der Waals surface area (Å²) in [5.74, 6) is 0. The van der Waals surface area contributed by atoms with Crippen molar-refractivity contribution in [2.75, 3.05) is 33.1 Å². The van der Waals surface area contributed by atoms with E-state index < -0.39 is 9.84 Å². The van der Waals surface area contributed by atoms with E-state index in [2.05, 4.69) is 16.0 Å². The Labute approximate surface area is 149 Å². The maximum Gasteiger partial charge on any atom is 0.175 e. The van der Waals surface area contributed by atoms with Crippen molar-refractivity contribution in [3.63, 3.8) is 0 Å². The lowest BCUT2D eigenvalue weighted by Gasteiger charge is -2.38. The lowest BCUT2D eigenvalue weighted by molar-refractivity contribution is 0.00999. The van der Waals surface area contributed by atoms with Crippen molar-refractivity contribution in [2.24, 2.45) is 0 Å². The van der Waals surface area contributed by atoms with Crippen molar-refractivity contribution in [3.05, 3.63) is 29.8 Å². The highest BCUT2D eigenvalue weighted by atomic mass is 32.2. The van der Waals surface area contributed by atoms with Gasteiger partial charge in [-0.25, -0.2) is 8.42 Å². The lowest BCUT2D eigenvalue weighted by atomic mass is 10.0. The lowest BCUT2D eigenvalue weighted by Crippen LogP contribution is -2.62. The predicted molar refractivity (Wildman–Crippen MR) is 95.0 cm³/mol. The number of sulfone groups is 1. The molecule has 4 atom stereocenters. The Kier molecular flexibility index (Phi) is 6.08. The van der Waals surface area contributed by atoms with E-state index in [4.69, 9.17) is 9.47 Å². The van der Waals surface area contributed by atoms with Crippen molar-refractivity contribution in [1.82, 2.24) is 16.0 Å². The van der Waals surface area contributed by atoms with E-state index >= 15 is 0 Å². The third-order valence-electron chi connectivity index (χ3n) is 4.74. The molecule has 0 radical (unpaired) electrons. The Bertz CT molecular complexity index is 659. The summed E-state index contributed by atoms with van der Waals surface area (Å²) in [6.07, 6.45) is 3.65. The molecular formula is C17H27N3O4S. The first-order chi connectivity index (χ1) is 12.0. The normalized spacial score (nSPS) is 30.5. The second-order valence-corrected chi connectivity index (χ2v) is 8.66. The zero-order chi connectivity index (χ0) is 17.9. The van der Waals surface area contributed by atoms with Crippen LogP contribution in [0.15, 0.2) is 29.2 Å². The van der Waals surface area contributed by atoms with Crippen molar-refractivity contribution in [2.45, 2.75) is 42.3 Å². The summed E-state index contributed by atoms with van der Waals surface area (Å²) < 4.78 is 34.4. The summed E-state index contributed by atoms with van der Waals surface area (Å²) in [5.41, 5.74) is 0.982. The van der Waals surface area contributed by atoms with E-state index in [1.54, 1.807) is 19.2 Å². The van der Waals surface area contributed by atoms with Gasteiger partial charge in [0.05, 0.1) is 23.2 Å². The molecule has 2 fully saturated rings. The van der Waals surface area contributed by atoms with Gasteiger partial charge in [-0.05, 0) is 30.5 Å². The van der Waals surface area contributed by atoms with Gasteiger partial charge < -0.3 is 9.47 Å². The largest absolute Gasteiger partial charge is 0.377 e. The quantitative estimate of drug-likeness (QED) is 0.668. The van der Waals surface area contributed by atoms with Crippen LogP contribution in [0.4, 0.5) is 0 Å². The molecule has 140 valence electrons. The first kappa shape index (κ1) is 18.8. The van der Waals surface area contributed by atoms with E-state index in [1.807, 2.05) is 12.1 Å². The van der Waals surface area contributed by atoms with Crippen LogP contribution in [0.1, 0.15) is 24.4 Å². The smallest absolute Gasteiger partial charge is 0.175 e. The molecule has 4 unspecified atom stereocenters. The highest BCUT2D eigenvalue weighted by molar-refractivity contribution is 7.90. The molecule has 3 rings (SSSR count). The van der Waals surface area contributed by atoms with E-state index in [0.717, 1.165) is 38.1 Å². The molecule has 0 bridgehead atoms. The van der Waals surface area contributed by atoms with E-state index in [0.29, 0.717) is 4.90 Å². The van der Waals surface area contributed by atoms with Gasteiger partial charge in [-0.2, -0.15) is 0 Å². The van der Waals surface area contributed by atoms with Crippen LogP contribution in [0.25, 0.3) is 0 Å². The second-order valence-electron chi connectivity index (χ2n) is 6.65. The molecule has 8 heteroatoms. The molecule has 2 saturated heterocycles. The fourth-order valence-electron chi connectivity index (χ4n) is 3.34. The van der Waals surface area contributed by atoms with Crippen LogP contribution in [0.5, 0.6) is 0 Å². The number of hydrogen-bond donors (Lipinski definition) is 3. The van der Waals surface area contributed by atoms with Gasteiger partial charge in [0.25, 0.3) is 0 Å². The Morgan fingerprint density at radius 1 is 1.32 bits per heavy atom. The van der Waals surface area contributed by atoms with E-state index in [-0.39, 0.29) is 24.5 Å². The number of benzene rings is 1. The monoisotopic (exact) mass is 369 g/mol. The number of nitrogens with one attached hydrogen (secondary N) is 3. The maximum absolute atomic E-state index is 11.6. The van der Waals surface area contributed by atoms with Gasteiger partial charge in [-0.15, -0.1) is 0 Å². The summed E-state index contributed by atoms with van der Waals surface area (Å²) >= 11 is 0. The molecule has 3 N–H and O–H groups in total. The van der Waals surface area contributed by atoms with E-state index in [1.165, 1.54) is 6.26 Å². The van der Waals surface area contributed by atoms with Gasteiger partial charge in [-0.3, -0.25) is 16.0 Å². The molecule has 1 aromatic rings. The topological polar surface area (TPSA) is 88.7 Å². The van der Waals surface area contributed by atoms with Crippen LogP contribution in [0, 0.1) is 0 Å². The molecule has 0 aliphatic carbocycles. The minimum Gasteiger partial charge on any atom is -0.377 e. The van der Waals surface area contributed by atoms with Crippen LogP contribution in [0.2, 0.25) is 0 Å². The van der Waals surface area contributed by atoms with Crippen LogP contribution >= 0.6 is 0 Å². The molecule has 2 heterocycles. The third-order valence-corrected chi connectivity index (χ3v) is 5.87. The number of rotatable bonds is 6. The van der Waals surface area contributed by atoms with Crippen molar-refractivity contribution >= 4 is 9.84 Å². The molecule has 25 heavy (non-hydrogen) atoms. The first-order valence-corrected chi connectivity index (χ1v) is 10.5. The van der Waals surface area contributed by atoms with Gasteiger partial charge in [0, 0.05) is 33.1 Å². The van der Waals surface area contributed by atoms with Gasteiger partial charge in [0.15, 0.2) is 9.84 Å². The fourth-order valence-corrected chi connectivity index (χ4v) is 3.97. The fraction of sp³-hybridized carbons (Fsp3) is 0.647. The standard InChI is InChI=1S/C17H27N3O4S/c1-23-17-16(12-5-7-14(8-6-12)25(2,21)22)20-15(11-19-17)18-10-13-4-3-9-24-13/h5-8,13,15-20H,3-4,9-11H2,1-2H3. The van der Waals surface area contributed by atoms with Gasteiger partial charge in [0.1, 0.15) is 6.23 Å². The van der Waals surface area contributed by atoms with Crippen LogP contribution < -0.4 is 16.0 Å². The molecule has 0 amide bonds. The average molecular weight is 369 g/mol. The van der Waals surface area contributed by atoms with E-state index in [9.17, 15) is 8.42 Å². The summed E-state index contributed by atoms with van der Waals surface area (Å²) in [7, 11) is -1.53. The molecule has 7 nitrogen and oxygen atoms in total. The maximum atomic E-state index is 11.6. The molecule has 0 aromatic heterocycles. The van der Waals surface area contributed by atoms with Gasteiger partial charge in [0.2, 0.25) is 0 Å². The summed E-state index contributed by atoms with van der Waals surface area (Å²) in [4.78, 5) is 0.321. The minimum absolute atomic E-state index is 0.0747. The Morgan fingerprint density at radius 3 is 2.68 bits per heavy atom. The van der Waals surface area contributed by atoms with Crippen LogP contribution in [-0.4, -0.2) is 60.0 Å². The zero-order valence-corrected chi connectivity index (χ0v) is 15.5. The van der Waals surface area contributed by atoms with Crippen LogP contribution in [0.3, 0.4) is 0 Å².